The second-order valence-corrected chi connectivity index (χ2v) is 17.0. The summed E-state index contributed by atoms with van der Waals surface area (Å²) in [7, 11) is 0. The molecule has 0 bridgehead atoms. The van der Waals surface area contributed by atoms with Gasteiger partial charge in [0.15, 0.2) is 6.10 Å². The van der Waals surface area contributed by atoms with Crippen LogP contribution in [0.25, 0.3) is 10.9 Å². The molecule has 0 saturated heterocycles. The number of hydrogen-bond donors (Lipinski definition) is 3. The quantitative estimate of drug-likeness (QED) is 0.272. The Hall–Kier alpha value is -2.45. The number of hydrogen-bond acceptors (Lipinski definition) is 6. The fourth-order valence-corrected chi connectivity index (χ4v) is 12.4. The van der Waals surface area contributed by atoms with Crippen molar-refractivity contribution in [3.63, 3.8) is 0 Å². The summed E-state index contributed by atoms with van der Waals surface area (Å²) >= 11 is 0. The van der Waals surface area contributed by atoms with E-state index in [4.69, 9.17) is 14.2 Å². The molecule has 2 aliphatic heterocycles. The van der Waals surface area contributed by atoms with E-state index in [2.05, 4.69) is 51.4 Å². The molecule has 9 rings (SSSR count). The van der Waals surface area contributed by atoms with E-state index >= 15 is 0 Å². The van der Waals surface area contributed by atoms with Crippen molar-refractivity contribution in [2.45, 2.75) is 127 Å². The zero-order chi connectivity index (χ0) is 32.3. The number of fused-ring (bicyclic) bond motifs is 7. The van der Waals surface area contributed by atoms with Gasteiger partial charge in [-0.25, -0.2) is 0 Å². The van der Waals surface area contributed by atoms with Gasteiger partial charge in [0, 0.05) is 52.4 Å². The van der Waals surface area contributed by atoms with E-state index in [1.54, 1.807) is 0 Å². The number of carbonyl (C=O) groups excluding carboxylic acids is 1. The highest BCUT2D eigenvalue weighted by Gasteiger charge is 2.73. The lowest BCUT2D eigenvalue weighted by molar-refractivity contribution is -0.219. The van der Waals surface area contributed by atoms with Crippen molar-refractivity contribution in [3.8, 4) is 0 Å². The number of rotatable bonds is 3. The molecular weight excluding hydrogens is 578 g/mol. The Labute approximate surface area is 271 Å². The number of esters is 1. The average Bonchev–Trinajstić information content (AvgIpc) is 3.46. The van der Waals surface area contributed by atoms with Crippen LogP contribution in [0.3, 0.4) is 0 Å². The molecule has 12 atom stereocenters. The van der Waals surface area contributed by atoms with E-state index in [9.17, 15) is 15.0 Å². The first-order valence-corrected chi connectivity index (χ1v) is 17.6. The van der Waals surface area contributed by atoms with Crippen LogP contribution in [0.5, 0.6) is 0 Å². The Balaban J connectivity index is 1.24. The third-order valence-electron chi connectivity index (χ3n) is 14.8. The number of nitrogens with one attached hydrogen (secondary N) is 1. The Morgan fingerprint density at radius 2 is 1.89 bits per heavy atom. The van der Waals surface area contributed by atoms with Gasteiger partial charge in [0.1, 0.15) is 6.10 Å². The highest BCUT2D eigenvalue weighted by molar-refractivity contribution is 5.92. The summed E-state index contributed by atoms with van der Waals surface area (Å²) in [6.45, 7) is 17.0. The predicted molar refractivity (Wildman–Crippen MR) is 174 cm³/mol. The highest BCUT2D eigenvalue weighted by Crippen LogP contribution is 2.74. The van der Waals surface area contributed by atoms with Gasteiger partial charge in [-0.2, -0.15) is 0 Å². The zero-order valence-electron chi connectivity index (χ0n) is 28.1. The molecule has 246 valence electrons. The van der Waals surface area contributed by atoms with Crippen molar-refractivity contribution in [2.75, 3.05) is 6.61 Å². The van der Waals surface area contributed by atoms with Crippen LogP contribution in [-0.2, 0) is 30.8 Å². The van der Waals surface area contributed by atoms with Crippen LogP contribution in [-0.4, -0.2) is 57.3 Å². The Kier molecular flexibility index (Phi) is 5.91. The standard InChI is InChI=1S/C39H49NO6/c1-18(2)33-28(44-19(3)42)16-24-27(45-33)11-12-37(6)38(7)23(10-13-39(24,37)43)34-32-31-26(40-35(32)38)9-8-20-14-21(17-41)22-15-25(30(22)29(20)31)36(4,5)46-34/h8-9,16,21-23,25,27-28,30,33-34,40-41,43H,1,10-15,17H2,2-7H3/t21-,22-,23+,25+,27-,28-,30+,33-,34+,37-,38-,39-/m1/s1. The second kappa shape index (κ2) is 9.16. The minimum absolute atomic E-state index is 0.0666. The molecule has 3 heterocycles. The van der Waals surface area contributed by atoms with Crippen molar-refractivity contribution in [1.82, 2.24) is 4.98 Å². The summed E-state index contributed by atoms with van der Waals surface area (Å²) in [4.78, 5) is 16.2. The summed E-state index contributed by atoms with van der Waals surface area (Å²) in [6.07, 6.45) is 5.68. The van der Waals surface area contributed by atoms with Crippen LogP contribution in [0.15, 0.2) is 35.9 Å². The number of H-pyrrole nitrogens is 1. The molecule has 0 spiro atoms. The lowest BCUT2D eigenvalue weighted by Crippen LogP contribution is -2.68. The topological polar surface area (TPSA) is 101 Å². The zero-order valence-corrected chi connectivity index (χ0v) is 28.1. The lowest BCUT2D eigenvalue weighted by Gasteiger charge is -2.65. The summed E-state index contributed by atoms with van der Waals surface area (Å²) in [5, 5.41) is 24.9. The van der Waals surface area contributed by atoms with Gasteiger partial charge < -0.3 is 29.4 Å². The molecule has 7 nitrogen and oxygen atoms in total. The number of aliphatic hydroxyl groups excluding tert-OH is 1. The van der Waals surface area contributed by atoms with Gasteiger partial charge >= 0.3 is 5.97 Å². The van der Waals surface area contributed by atoms with E-state index in [-0.39, 0.29) is 36.3 Å². The Morgan fingerprint density at radius 1 is 1.11 bits per heavy atom. The molecule has 5 aliphatic carbocycles. The number of carbonyl (C=O) groups is 1. The lowest BCUT2D eigenvalue weighted by atomic mass is 9.42. The van der Waals surface area contributed by atoms with Crippen LogP contribution >= 0.6 is 0 Å². The first kappa shape index (κ1) is 29.7. The number of aliphatic hydroxyl groups is 2. The van der Waals surface area contributed by atoms with Crippen molar-refractivity contribution in [2.24, 2.45) is 29.1 Å². The molecule has 46 heavy (non-hydrogen) atoms. The molecule has 3 saturated carbocycles. The van der Waals surface area contributed by atoms with E-state index < -0.39 is 28.6 Å². The number of benzene rings is 1. The van der Waals surface area contributed by atoms with Crippen LogP contribution in [0.2, 0.25) is 0 Å². The maximum atomic E-state index is 13.2. The smallest absolute Gasteiger partial charge is 0.303 e. The maximum Gasteiger partial charge on any atom is 0.303 e. The SMILES string of the molecule is C=C(C)[C@H]1O[C@@H]2CC[C@@]3(C)[C@@](O)(CC[C@H]4[C@@H]5OC(C)(C)[C@H]6C[C@@H]7[C@@H](CO)Cc8ccc9[nH]c(c5c9c8[C@@H]76)[C@@]43C)C2=C[C@H]1OC(C)=O. The average molecular weight is 628 g/mol. The molecule has 7 aliphatic rings. The molecule has 0 radical (unpaired) electrons. The summed E-state index contributed by atoms with van der Waals surface area (Å²) in [5.74, 6) is 1.43. The van der Waals surface area contributed by atoms with Crippen LogP contribution < -0.4 is 0 Å². The van der Waals surface area contributed by atoms with Crippen LogP contribution in [0.1, 0.15) is 108 Å². The molecule has 7 heteroatoms. The third kappa shape index (κ3) is 3.32. The van der Waals surface area contributed by atoms with Crippen molar-refractivity contribution < 1.29 is 29.2 Å². The third-order valence-corrected chi connectivity index (χ3v) is 14.8. The van der Waals surface area contributed by atoms with Gasteiger partial charge in [0.05, 0.1) is 23.4 Å². The van der Waals surface area contributed by atoms with Crippen LogP contribution in [0, 0.1) is 29.1 Å². The van der Waals surface area contributed by atoms with E-state index in [1.807, 2.05) is 13.0 Å². The van der Waals surface area contributed by atoms with E-state index in [1.165, 1.54) is 40.2 Å². The minimum atomic E-state index is -1.14. The minimum Gasteiger partial charge on any atom is -0.455 e. The van der Waals surface area contributed by atoms with E-state index in [0.717, 1.165) is 43.3 Å². The van der Waals surface area contributed by atoms with Gasteiger partial charge in [-0.05, 0) is 117 Å². The van der Waals surface area contributed by atoms with Gasteiger partial charge in [0.2, 0.25) is 0 Å². The Morgan fingerprint density at radius 3 is 2.61 bits per heavy atom. The molecule has 1 aromatic heterocycles. The number of aromatic amines is 1. The summed E-state index contributed by atoms with van der Waals surface area (Å²) < 4.78 is 19.8. The van der Waals surface area contributed by atoms with Crippen molar-refractivity contribution in [1.29, 1.82) is 0 Å². The molecule has 3 fully saturated rings. The largest absolute Gasteiger partial charge is 0.455 e. The maximum absolute atomic E-state index is 13.2. The molecular formula is C39H49NO6. The first-order valence-electron chi connectivity index (χ1n) is 17.6. The molecule has 3 N–H and O–H groups in total. The monoisotopic (exact) mass is 627 g/mol. The van der Waals surface area contributed by atoms with Crippen molar-refractivity contribution in [3.05, 3.63) is 58.3 Å². The molecule has 0 amide bonds. The first-order chi connectivity index (χ1) is 21.7. The predicted octanol–water partition coefficient (Wildman–Crippen LogP) is 6.32. The van der Waals surface area contributed by atoms with Gasteiger partial charge in [-0.15, -0.1) is 0 Å². The Bertz CT molecular complexity index is 1740. The highest BCUT2D eigenvalue weighted by atomic mass is 16.6. The van der Waals surface area contributed by atoms with Gasteiger partial charge in [0.25, 0.3) is 0 Å². The fourth-order valence-electron chi connectivity index (χ4n) is 12.4. The van der Waals surface area contributed by atoms with E-state index in [0.29, 0.717) is 30.1 Å². The second-order valence-electron chi connectivity index (χ2n) is 17.0. The number of ether oxygens (including phenoxy) is 3. The van der Waals surface area contributed by atoms with Gasteiger partial charge in [-0.1, -0.05) is 26.5 Å². The summed E-state index contributed by atoms with van der Waals surface area (Å²) in [5.41, 5.74) is 5.92. The number of aromatic nitrogens is 1. The molecule has 2 aromatic rings. The van der Waals surface area contributed by atoms with Crippen molar-refractivity contribution >= 4 is 16.9 Å². The molecule has 1 aromatic carbocycles. The molecule has 0 unspecified atom stereocenters. The fraction of sp³-hybridized carbons (Fsp3) is 0.667. The normalized spacial score (nSPS) is 45.7. The summed E-state index contributed by atoms with van der Waals surface area (Å²) in [6, 6.07) is 4.56. The van der Waals surface area contributed by atoms with Crippen LogP contribution in [0.4, 0.5) is 0 Å². The van der Waals surface area contributed by atoms with Gasteiger partial charge in [-0.3, -0.25) is 4.79 Å².